The van der Waals surface area contributed by atoms with Gasteiger partial charge in [-0.3, -0.25) is 0 Å². The average Bonchev–Trinajstić information content (AvgIpc) is 2.38. The van der Waals surface area contributed by atoms with Gasteiger partial charge in [0.25, 0.3) is 0 Å². The number of carbonyl (C=O) groups is 1. The molecule has 4 atom stereocenters. The van der Waals surface area contributed by atoms with E-state index in [1.165, 1.54) is 0 Å². The SMILES string of the molecule is C[Si]12OC(O)C(O1)C(C(=O)O)O2. The number of fused-ring (bicyclic) bond motifs is 2. The summed E-state index contributed by atoms with van der Waals surface area (Å²) >= 11 is 0. The van der Waals surface area contributed by atoms with Crippen LogP contribution in [0.3, 0.4) is 0 Å². The van der Waals surface area contributed by atoms with E-state index in [9.17, 15) is 4.79 Å². The molecule has 0 spiro atoms. The van der Waals surface area contributed by atoms with E-state index in [1.54, 1.807) is 6.55 Å². The fraction of sp³-hybridized carbons (Fsp3) is 0.800. The molecule has 2 rings (SSSR count). The average molecular weight is 192 g/mol. The maximum absolute atomic E-state index is 10.5. The summed E-state index contributed by atoms with van der Waals surface area (Å²) < 4.78 is 15.0. The monoisotopic (exact) mass is 192 g/mol. The minimum atomic E-state index is -2.81. The summed E-state index contributed by atoms with van der Waals surface area (Å²) in [7, 11) is -2.81. The van der Waals surface area contributed by atoms with Crippen molar-refractivity contribution in [2.75, 3.05) is 0 Å². The van der Waals surface area contributed by atoms with Gasteiger partial charge in [-0.05, 0) is 0 Å². The maximum Gasteiger partial charge on any atom is 0.501 e. The predicted molar refractivity (Wildman–Crippen MR) is 36.1 cm³/mol. The molecule has 2 aliphatic heterocycles. The van der Waals surface area contributed by atoms with E-state index in [-0.39, 0.29) is 0 Å². The van der Waals surface area contributed by atoms with Crippen molar-refractivity contribution in [2.45, 2.75) is 25.0 Å². The van der Waals surface area contributed by atoms with Crippen LogP contribution in [0.15, 0.2) is 0 Å². The van der Waals surface area contributed by atoms with Gasteiger partial charge < -0.3 is 23.5 Å². The molecule has 6 nitrogen and oxygen atoms in total. The molecule has 0 aromatic carbocycles. The van der Waals surface area contributed by atoms with Gasteiger partial charge in [0, 0.05) is 6.55 Å². The first-order valence-electron chi connectivity index (χ1n) is 3.46. The second-order valence-electron chi connectivity index (χ2n) is 2.83. The summed E-state index contributed by atoms with van der Waals surface area (Å²) in [5.74, 6) is -1.13. The van der Waals surface area contributed by atoms with E-state index >= 15 is 0 Å². The fourth-order valence-corrected chi connectivity index (χ4v) is 3.55. The van der Waals surface area contributed by atoms with Crippen molar-refractivity contribution in [1.82, 2.24) is 0 Å². The molecule has 4 unspecified atom stereocenters. The van der Waals surface area contributed by atoms with E-state index in [0.717, 1.165) is 0 Å². The van der Waals surface area contributed by atoms with Crippen LogP contribution in [0.2, 0.25) is 6.55 Å². The zero-order valence-corrected chi connectivity index (χ0v) is 7.26. The Bertz CT molecular complexity index is 232. The van der Waals surface area contributed by atoms with E-state index < -0.39 is 33.3 Å². The van der Waals surface area contributed by atoms with Gasteiger partial charge in [0.1, 0.15) is 6.10 Å². The Morgan fingerprint density at radius 1 is 1.42 bits per heavy atom. The maximum atomic E-state index is 10.5. The largest absolute Gasteiger partial charge is 0.501 e. The lowest BCUT2D eigenvalue weighted by molar-refractivity contribution is -0.159. The molecular weight excluding hydrogens is 184 g/mol. The Morgan fingerprint density at radius 3 is 2.42 bits per heavy atom. The molecule has 0 radical (unpaired) electrons. The summed E-state index contributed by atoms with van der Waals surface area (Å²) in [6, 6.07) is 0. The first-order chi connectivity index (χ1) is 5.52. The lowest BCUT2D eigenvalue weighted by atomic mass is 10.2. The summed E-state index contributed by atoms with van der Waals surface area (Å²) in [6.07, 6.45) is -3.10. The van der Waals surface area contributed by atoms with Gasteiger partial charge in [0.15, 0.2) is 12.4 Å². The standard InChI is InChI=1S/C5H8O6Si/c1-12-9-2(4(6)7)3(10-12)5(8)11-12/h2-3,5,8H,1H3,(H,6,7). The Morgan fingerprint density at radius 2 is 2.08 bits per heavy atom. The molecule has 2 heterocycles. The molecule has 2 bridgehead atoms. The van der Waals surface area contributed by atoms with E-state index in [2.05, 4.69) is 0 Å². The molecule has 2 saturated heterocycles. The highest BCUT2D eigenvalue weighted by Crippen LogP contribution is 2.36. The number of carboxylic acids is 1. The molecule has 0 aromatic heterocycles. The number of rotatable bonds is 1. The zero-order valence-electron chi connectivity index (χ0n) is 6.26. The topological polar surface area (TPSA) is 85.2 Å². The van der Waals surface area contributed by atoms with Crippen LogP contribution in [-0.4, -0.2) is 43.5 Å². The van der Waals surface area contributed by atoms with Crippen molar-refractivity contribution in [3.05, 3.63) is 0 Å². The molecule has 0 aromatic rings. The van der Waals surface area contributed by atoms with E-state index in [0.29, 0.717) is 0 Å². The smallest absolute Gasteiger partial charge is 0.479 e. The van der Waals surface area contributed by atoms with Crippen molar-refractivity contribution in [3.63, 3.8) is 0 Å². The Hall–Kier alpha value is -0.473. The Kier molecular flexibility index (Phi) is 1.54. The molecular formula is C5H8O6Si. The molecule has 0 amide bonds. The molecule has 7 heteroatoms. The lowest BCUT2D eigenvalue weighted by Crippen LogP contribution is -2.47. The van der Waals surface area contributed by atoms with E-state index in [4.69, 9.17) is 23.5 Å². The Labute approximate surface area is 69.0 Å². The summed E-state index contributed by atoms with van der Waals surface area (Å²) in [5, 5.41) is 17.8. The van der Waals surface area contributed by atoms with Crippen LogP contribution in [0, 0.1) is 0 Å². The van der Waals surface area contributed by atoms with Gasteiger partial charge in [-0.25, -0.2) is 4.79 Å². The van der Waals surface area contributed by atoms with Gasteiger partial charge in [0.05, 0.1) is 0 Å². The van der Waals surface area contributed by atoms with Gasteiger partial charge in [-0.1, -0.05) is 0 Å². The summed E-state index contributed by atoms with van der Waals surface area (Å²) in [5.41, 5.74) is 0. The quantitative estimate of drug-likeness (QED) is 0.506. The molecule has 2 N–H and O–H groups in total. The number of hydrogen-bond acceptors (Lipinski definition) is 5. The lowest BCUT2D eigenvalue weighted by Gasteiger charge is -2.23. The number of aliphatic carboxylic acids is 1. The van der Waals surface area contributed by atoms with Crippen LogP contribution in [0.4, 0.5) is 0 Å². The second kappa shape index (κ2) is 2.27. The van der Waals surface area contributed by atoms with Crippen molar-refractivity contribution in [2.24, 2.45) is 0 Å². The number of aliphatic hydroxyl groups excluding tert-OH is 1. The molecule has 68 valence electrons. The van der Waals surface area contributed by atoms with Crippen LogP contribution < -0.4 is 0 Å². The minimum absolute atomic E-state index is 0.862. The van der Waals surface area contributed by atoms with Crippen molar-refractivity contribution in [1.29, 1.82) is 0 Å². The van der Waals surface area contributed by atoms with Crippen molar-refractivity contribution in [3.8, 4) is 0 Å². The third-order valence-corrected chi connectivity index (χ3v) is 3.90. The summed E-state index contributed by atoms with van der Waals surface area (Å²) in [6.45, 7) is 1.55. The van der Waals surface area contributed by atoms with Crippen molar-refractivity contribution < 1.29 is 28.3 Å². The molecule has 0 saturated carbocycles. The highest BCUT2D eigenvalue weighted by atomic mass is 28.4. The number of aliphatic hydroxyl groups is 1. The van der Waals surface area contributed by atoms with Gasteiger partial charge in [-0.2, -0.15) is 0 Å². The third-order valence-electron chi connectivity index (χ3n) is 1.85. The van der Waals surface area contributed by atoms with Crippen molar-refractivity contribution >= 4 is 14.8 Å². The van der Waals surface area contributed by atoms with Crippen LogP contribution in [0.1, 0.15) is 0 Å². The first-order valence-corrected chi connectivity index (χ1v) is 5.69. The number of carboxylic acid groups (broad SMARTS) is 1. The van der Waals surface area contributed by atoms with Gasteiger partial charge in [-0.15, -0.1) is 0 Å². The molecule has 2 fully saturated rings. The zero-order chi connectivity index (χ0) is 8.93. The fourth-order valence-electron chi connectivity index (χ4n) is 1.38. The third kappa shape index (κ3) is 0.984. The minimum Gasteiger partial charge on any atom is -0.479 e. The van der Waals surface area contributed by atoms with Crippen LogP contribution in [0.25, 0.3) is 0 Å². The highest BCUT2D eigenvalue weighted by Gasteiger charge is 2.63. The summed E-state index contributed by atoms with van der Waals surface area (Å²) in [4.78, 5) is 10.5. The first kappa shape index (κ1) is 8.14. The molecule has 2 aliphatic rings. The Balaban J connectivity index is 2.20. The molecule has 12 heavy (non-hydrogen) atoms. The van der Waals surface area contributed by atoms with Crippen LogP contribution >= 0.6 is 0 Å². The van der Waals surface area contributed by atoms with Crippen LogP contribution in [-0.2, 0) is 18.1 Å². The highest BCUT2D eigenvalue weighted by molar-refractivity contribution is 6.60. The van der Waals surface area contributed by atoms with Gasteiger partial charge in [0.2, 0.25) is 0 Å². The second-order valence-corrected chi connectivity index (χ2v) is 5.26. The van der Waals surface area contributed by atoms with Gasteiger partial charge >= 0.3 is 14.8 Å². The van der Waals surface area contributed by atoms with E-state index in [1.807, 2.05) is 0 Å². The van der Waals surface area contributed by atoms with Crippen LogP contribution in [0.5, 0.6) is 0 Å². The number of hydrogen-bond donors (Lipinski definition) is 2. The normalized spacial score (nSPS) is 51.3. The molecule has 0 aliphatic carbocycles. The predicted octanol–water partition coefficient (Wildman–Crippen LogP) is -1.23.